The summed E-state index contributed by atoms with van der Waals surface area (Å²) in [6.45, 7) is 5.23. The van der Waals surface area contributed by atoms with E-state index in [9.17, 15) is 4.79 Å². The highest BCUT2D eigenvalue weighted by molar-refractivity contribution is 5.92. The fraction of sp³-hybridized carbons (Fsp3) is 0.385. The van der Waals surface area contributed by atoms with Crippen LogP contribution in [0.4, 0.5) is 0 Å². The van der Waals surface area contributed by atoms with Crippen LogP contribution in [0, 0.1) is 12.5 Å². The Morgan fingerprint density at radius 2 is 1.94 bits per heavy atom. The van der Waals surface area contributed by atoms with Gasteiger partial charge in [0.25, 0.3) is 0 Å². The van der Waals surface area contributed by atoms with E-state index in [1.54, 1.807) is 12.1 Å². The van der Waals surface area contributed by atoms with Crippen LogP contribution in [-0.4, -0.2) is 20.2 Å². The molecule has 0 bridgehead atoms. The lowest BCUT2D eigenvalue weighted by Crippen LogP contribution is -2.08. The molecular formula is C13H17O5. The third-order valence-electron chi connectivity index (χ3n) is 2.08. The Hall–Kier alpha value is -1.75. The highest BCUT2D eigenvalue weighted by Gasteiger charge is 2.16. The van der Waals surface area contributed by atoms with Crippen molar-refractivity contribution in [2.75, 3.05) is 14.2 Å². The minimum Gasteiger partial charge on any atom is -0.497 e. The van der Waals surface area contributed by atoms with E-state index in [2.05, 4.69) is 4.89 Å². The second kappa shape index (κ2) is 6.86. The monoisotopic (exact) mass is 253 g/mol. The predicted molar refractivity (Wildman–Crippen MR) is 65.2 cm³/mol. The summed E-state index contributed by atoms with van der Waals surface area (Å²) in [5, 5.41) is 0. The lowest BCUT2D eigenvalue weighted by molar-refractivity contribution is -0.217. The minimum atomic E-state index is -0.636. The maximum atomic E-state index is 11.8. The summed E-state index contributed by atoms with van der Waals surface area (Å²) in [6.07, 6.45) is 0. The van der Waals surface area contributed by atoms with Gasteiger partial charge in [0.15, 0.2) is 0 Å². The first-order chi connectivity index (χ1) is 8.58. The lowest BCUT2D eigenvalue weighted by Gasteiger charge is -2.09. The predicted octanol–water partition coefficient (Wildman–Crippen LogP) is 2.61. The number of hydrogen-bond donors (Lipinski definition) is 0. The highest BCUT2D eigenvalue weighted by Crippen LogP contribution is 2.24. The van der Waals surface area contributed by atoms with Crippen LogP contribution in [0.1, 0.15) is 24.2 Å². The molecule has 0 aromatic heterocycles. The lowest BCUT2D eigenvalue weighted by atomic mass is 10.2. The Labute approximate surface area is 107 Å². The van der Waals surface area contributed by atoms with Gasteiger partial charge in [0, 0.05) is 0 Å². The maximum Gasteiger partial charge on any atom is 0.376 e. The molecule has 0 saturated heterocycles. The van der Waals surface area contributed by atoms with E-state index in [-0.39, 0.29) is 11.5 Å². The van der Waals surface area contributed by atoms with Crippen molar-refractivity contribution >= 4 is 5.97 Å². The van der Waals surface area contributed by atoms with E-state index in [1.165, 1.54) is 26.9 Å². The van der Waals surface area contributed by atoms with Gasteiger partial charge in [-0.05, 0) is 24.1 Å². The van der Waals surface area contributed by atoms with E-state index >= 15 is 0 Å². The standard InChI is InChI=1S/C13H17O5/c1-9(2)8-17-18-13(14)11-7-10(15-3)5-6-12(11)16-4/h5-9H,1-4H3. The van der Waals surface area contributed by atoms with E-state index < -0.39 is 5.97 Å². The number of benzene rings is 1. The summed E-state index contributed by atoms with van der Waals surface area (Å²) >= 11 is 0. The second-order valence-corrected chi connectivity index (χ2v) is 3.91. The molecule has 0 N–H and O–H groups in total. The van der Waals surface area contributed by atoms with Crippen molar-refractivity contribution in [1.82, 2.24) is 0 Å². The molecule has 1 aromatic rings. The van der Waals surface area contributed by atoms with Crippen LogP contribution in [0.25, 0.3) is 0 Å². The van der Waals surface area contributed by atoms with Crippen LogP contribution in [0.15, 0.2) is 18.2 Å². The second-order valence-electron chi connectivity index (χ2n) is 3.91. The third-order valence-corrected chi connectivity index (χ3v) is 2.08. The number of methoxy groups -OCH3 is 2. The molecule has 0 aliphatic rings. The molecule has 0 saturated carbocycles. The zero-order chi connectivity index (χ0) is 13.5. The summed E-state index contributed by atoms with van der Waals surface area (Å²) in [5.74, 6) is 0.456. The molecule has 0 aliphatic carbocycles. The molecule has 0 heterocycles. The number of carbonyl (C=O) groups excluding carboxylic acids is 1. The summed E-state index contributed by atoms with van der Waals surface area (Å²) in [5.41, 5.74) is 0.244. The van der Waals surface area contributed by atoms with E-state index in [4.69, 9.17) is 14.4 Å². The summed E-state index contributed by atoms with van der Waals surface area (Å²) in [4.78, 5) is 21.1. The Balaban J connectivity index is 2.76. The molecule has 18 heavy (non-hydrogen) atoms. The average Bonchev–Trinajstić information content (AvgIpc) is 2.37. The molecule has 5 nitrogen and oxygen atoms in total. The molecule has 0 amide bonds. The molecule has 1 aromatic carbocycles. The number of rotatable bonds is 6. The molecule has 0 spiro atoms. The first kappa shape index (κ1) is 14.3. The third kappa shape index (κ3) is 3.92. The Morgan fingerprint density at radius 1 is 1.22 bits per heavy atom. The van der Waals surface area contributed by atoms with Crippen molar-refractivity contribution in [2.24, 2.45) is 5.92 Å². The number of hydrogen-bond acceptors (Lipinski definition) is 5. The van der Waals surface area contributed by atoms with E-state index in [0.717, 1.165) is 0 Å². The topological polar surface area (TPSA) is 54.0 Å². The molecular weight excluding hydrogens is 236 g/mol. The van der Waals surface area contributed by atoms with Crippen molar-refractivity contribution < 1.29 is 24.0 Å². The average molecular weight is 253 g/mol. The quantitative estimate of drug-likeness (QED) is 0.576. The normalized spacial score (nSPS) is 10.3. The smallest absolute Gasteiger partial charge is 0.376 e. The summed E-state index contributed by atoms with van der Waals surface area (Å²) in [6, 6.07) is 4.85. The molecule has 0 unspecified atom stereocenters. The number of ether oxygens (including phenoxy) is 2. The largest absolute Gasteiger partial charge is 0.497 e. The van der Waals surface area contributed by atoms with Gasteiger partial charge in [-0.1, -0.05) is 13.8 Å². The van der Waals surface area contributed by atoms with Crippen LogP contribution in [0.3, 0.4) is 0 Å². The van der Waals surface area contributed by atoms with Crippen LogP contribution in [-0.2, 0) is 9.78 Å². The van der Waals surface area contributed by atoms with E-state index in [1.807, 2.05) is 13.8 Å². The highest BCUT2D eigenvalue weighted by atomic mass is 17.2. The zero-order valence-electron chi connectivity index (χ0n) is 10.9. The Morgan fingerprint density at radius 3 is 2.50 bits per heavy atom. The van der Waals surface area contributed by atoms with Gasteiger partial charge >= 0.3 is 5.97 Å². The number of carbonyl (C=O) groups is 1. The Kier molecular flexibility index (Phi) is 5.45. The molecule has 0 aliphatic heterocycles. The molecule has 0 atom stereocenters. The maximum absolute atomic E-state index is 11.8. The molecule has 1 rings (SSSR count). The molecule has 99 valence electrons. The van der Waals surface area contributed by atoms with Gasteiger partial charge in [0.2, 0.25) is 0 Å². The van der Waals surface area contributed by atoms with Crippen molar-refractivity contribution in [2.45, 2.75) is 13.8 Å². The van der Waals surface area contributed by atoms with Crippen molar-refractivity contribution in [3.63, 3.8) is 0 Å². The molecule has 5 heteroatoms. The van der Waals surface area contributed by atoms with Crippen molar-refractivity contribution in [3.05, 3.63) is 30.4 Å². The van der Waals surface area contributed by atoms with Gasteiger partial charge in [0.1, 0.15) is 23.7 Å². The van der Waals surface area contributed by atoms with Gasteiger partial charge in [0.05, 0.1) is 14.2 Å². The first-order valence-electron chi connectivity index (χ1n) is 5.51. The van der Waals surface area contributed by atoms with Crippen molar-refractivity contribution in [3.8, 4) is 11.5 Å². The first-order valence-corrected chi connectivity index (χ1v) is 5.51. The summed E-state index contributed by atoms with van der Waals surface area (Å²) < 4.78 is 10.1. The fourth-order valence-corrected chi connectivity index (χ4v) is 1.20. The van der Waals surface area contributed by atoms with Gasteiger partial charge in [-0.15, -0.1) is 0 Å². The van der Waals surface area contributed by atoms with Gasteiger partial charge in [-0.25, -0.2) is 4.79 Å². The Bertz CT molecular complexity index is 400. The van der Waals surface area contributed by atoms with Crippen LogP contribution >= 0.6 is 0 Å². The SMILES string of the molecule is COc1ccc(OC)c(C(=O)OO[CH]C(C)C)c1. The van der Waals surface area contributed by atoms with Gasteiger partial charge in [-0.3, -0.25) is 4.89 Å². The fourth-order valence-electron chi connectivity index (χ4n) is 1.20. The van der Waals surface area contributed by atoms with Crippen LogP contribution in [0.5, 0.6) is 11.5 Å². The van der Waals surface area contributed by atoms with Crippen molar-refractivity contribution in [1.29, 1.82) is 0 Å². The van der Waals surface area contributed by atoms with Crippen LogP contribution in [0.2, 0.25) is 0 Å². The molecule has 1 radical (unpaired) electrons. The van der Waals surface area contributed by atoms with Gasteiger partial charge in [-0.2, -0.15) is 4.89 Å². The zero-order valence-corrected chi connectivity index (χ0v) is 10.9. The summed E-state index contributed by atoms with van der Waals surface area (Å²) in [7, 11) is 2.99. The minimum absolute atomic E-state index is 0.157. The molecule has 0 fully saturated rings. The van der Waals surface area contributed by atoms with E-state index in [0.29, 0.717) is 11.5 Å². The van der Waals surface area contributed by atoms with Crippen LogP contribution < -0.4 is 9.47 Å². The van der Waals surface area contributed by atoms with Gasteiger partial charge < -0.3 is 9.47 Å².